The first-order chi connectivity index (χ1) is 9.67. The highest BCUT2D eigenvalue weighted by molar-refractivity contribution is 7.98. The van der Waals surface area contributed by atoms with E-state index < -0.39 is 0 Å². The summed E-state index contributed by atoms with van der Waals surface area (Å²) in [5.41, 5.74) is 6.73. The van der Waals surface area contributed by atoms with E-state index in [4.69, 9.17) is 10.5 Å². The molecule has 2 aromatic heterocycles. The highest BCUT2D eigenvalue weighted by Crippen LogP contribution is 2.27. The molecule has 0 saturated heterocycles. The maximum atomic E-state index is 5.69. The maximum absolute atomic E-state index is 5.69. The first-order valence-electron chi connectivity index (χ1n) is 6.42. The molecule has 2 heterocycles. The molecule has 2 aromatic rings. The second-order valence-electron chi connectivity index (χ2n) is 4.53. The number of pyridine rings is 1. The van der Waals surface area contributed by atoms with Crippen LogP contribution in [0.2, 0.25) is 0 Å². The number of ether oxygens (including phenoxy) is 1. The molecule has 0 atom stereocenters. The zero-order valence-electron chi connectivity index (χ0n) is 11.9. The van der Waals surface area contributed by atoms with Gasteiger partial charge in [-0.25, -0.2) is 4.98 Å². The van der Waals surface area contributed by atoms with Crippen LogP contribution >= 0.6 is 11.8 Å². The van der Waals surface area contributed by atoms with E-state index in [2.05, 4.69) is 33.6 Å². The molecule has 0 fully saturated rings. The quantitative estimate of drug-likeness (QED) is 0.821. The predicted molar refractivity (Wildman–Crippen MR) is 78.6 cm³/mol. The van der Waals surface area contributed by atoms with Crippen LogP contribution in [0.15, 0.2) is 23.5 Å². The fraction of sp³-hybridized carbons (Fsp3) is 0.462. The lowest BCUT2D eigenvalue weighted by Gasteiger charge is -2.13. The maximum Gasteiger partial charge on any atom is 0.217 e. The molecule has 0 amide bonds. The summed E-state index contributed by atoms with van der Waals surface area (Å²) in [5.74, 6) is 2.18. The molecule has 0 saturated carbocycles. The van der Waals surface area contributed by atoms with Gasteiger partial charge in [0.1, 0.15) is 5.82 Å². The molecule has 0 aliphatic carbocycles. The smallest absolute Gasteiger partial charge is 0.217 e. The molecule has 6 nitrogen and oxygen atoms in total. The Kier molecular flexibility index (Phi) is 4.97. The Morgan fingerprint density at radius 1 is 1.40 bits per heavy atom. The van der Waals surface area contributed by atoms with Gasteiger partial charge in [0.05, 0.1) is 13.7 Å². The van der Waals surface area contributed by atoms with Gasteiger partial charge >= 0.3 is 0 Å². The molecule has 0 unspecified atom stereocenters. The fourth-order valence-corrected chi connectivity index (χ4v) is 2.98. The molecule has 2 N–H and O–H groups in total. The molecule has 7 heteroatoms. The van der Waals surface area contributed by atoms with Crippen molar-refractivity contribution in [2.75, 3.05) is 7.11 Å². The Morgan fingerprint density at radius 3 is 2.85 bits per heavy atom. The third kappa shape index (κ3) is 3.10. The van der Waals surface area contributed by atoms with Gasteiger partial charge < -0.3 is 15.0 Å². The van der Waals surface area contributed by atoms with Gasteiger partial charge in [-0.1, -0.05) is 17.8 Å². The van der Waals surface area contributed by atoms with Gasteiger partial charge in [-0.3, -0.25) is 0 Å². The predicted octanol–water partition coefficient (Wildman–Crippen LogP) is 2.01. The molecule has 0 bridgehead atoms. The Hall–Kier alpha value is -1.60. The number of nitrogens with two attached hydrogens (primary N) is 1. The normalized spacial score (nSPS) is 11.1. The zero-order valence-corrected chi connectivity index (χ0v) is 12.7. The van der Waals surface area contributed by atoms with Crippen LogP contribution in [0.1, 0.15) is 31.3 Å². The van der Waals surface area contributed by atoms with Crippen molar-refractivity contribution in [1.29, 1.82) is 0 Å². The second-order valence-corrected chi connectivity index (χ2v) is 5.47. The van der Waals surface area contributed by atoms with Crippen LogP contribution < -0.4 is 10.5 Å². The second kappa shape index (κ2) is 6.71. The summed E-state index contributed by atoms with van der Waals surface area (Å²) < 4.78 is 7.31. The Morgan fingerprint density at radius 2 is 2.20 bits per heavy atom. The molecule has 0 aliphatic rings. The lowest BCUT2D eigenvalue weighted by molar-refractivity contribution is 0.394. The highest BCUT2D eigenvalue weighted by atomic mass is 32.2. The van der Waals surface area contributed by atoms with Gasteiger partial charge in [0.2, 0.25) is 5.88 Å². The fourth-order valence-electron chi connectivity index (χ4n) is 1.92. The average Bonchev–Trinajstić information content (AvgIpc) is 2.88. The summed E-state index contributed by atoms with van der Waals surface area (Å²) in [7, 11) is 1.62. The van der Waals surface area contributed by atoms with Crippen molar-refractivity contribution in [3.8, 4) is 5.88 Å². The van der Waals surface area contributed by atoms with E-state index in [9.17, 15) is 0 Å². The van der Waals surface area contributed by atoms with Crippen LogP contribution in [0, 0.1) is 0 Å². The SMILES string of the molecule is COc1ncccc1CSc1nnc(CN)n1C(C)C. The molecule has 0 radical (unpaired) electrons. The van der Waals surface area contributed by atoms with E-state index in [1.807, 2.05) is 12.1 Å². The highest BCUT2D eigenvalue weighted by Gasteiger charge is 2.15. The molecule has 2 rings (SSSR count). The first kappa shape index (κ1) is 14.8. The number of rotatable bonds is 6. The van der Waals surface area contributed by atoms with Gasteiger partial charge in [0.15, 0.2) is 5.16 Å². The van der Waals surface area contributed by atoms with Crippen LogP contribution in [0.5, 0.6) is 5.88 Å². The number of aromatic nitrogens is 4. The van der Waals surface area contributed by atoms with Gasteiger partial charge in [-0.05, 0) is 19.9 Å². The number of hydrogen-bond acceptors (Lipinski definition) is 6. The van der Waals surface area contributed by atoms with Crippen molar-refractivity contribution in [2.45, 2.75) is 37.3 Å². The molecule has 0 spiro atoms. The number of hydrogen-bond donors (Lipinski definition) is 1. The van der Waals surface area contributed by atoms with E-state index in [1.54, 1.807) is 25.1 Å². The summed E-state index contributed by atoms with van der Waals surface area (Å²) in [6.07, 6.45) is 1.72. The van der Waals surface area contributed by atoms with Crippen LogP contribution in [0.3, 0.4) is 0 Å². The molecule has 20 heavy (non-hydrogen) atoms. The van der Waals surface area contributed by atoms with Gasteiger partial charge in [0, 0.05) is 23.6 Å². The summed E-state index contributed by atoms with van der Waals surface area (Å²) >= 11 is 1.61. The average molecular weight is 293 g/mol. The molecule has 0 aliphatic heterocycles. The lowest BCUT2D eigenvalue weighted by Crippen LogP contribution is -2.11. The minimum absolute atomic E-state index is 0.279. The topological polar surface area (TPSA) is 78.8 Å². The van der Waals surface area contributed by atoms with Crippen LogP contribution in [0.4, 0.5) is 0 Å². The standard InChI is InChI=1S/C13H19N5OS/c1-9(2)18-11(7-14)16-17-13(18)20-8-10-5-4-6-15-12(10)19-3/h4-6,9H,7-8,14H2,1-3H3. The number of nitrogens with zero attached hydrogens (tertiary/aromatic N) is 4. The monoisotopic (exact) mass is 293 g/mol. The molecule has 0 aromatic carbocycles. The largest absolute Gasteiger partial charge is 0.481 e. The lowest BCUT2D eigenvalue weighted by atomic mass is 10.3. The number of thioether (sulfide) groups is 1. The van der Waals surface area contributed by atoms with E-state index in [-0.39, 0.29) is 6.04 Å². The first-order valence-corrected chi connectivity index (χ1v) is 7.40. The summed E-state index contributed by atoms with van der Waals surface area (Å²) in [6.45, 7) is 4.58. The Bertz CT molecular complexity index is 570. The minimum Gasteiger partial charge on any atom is -0.481 e. The Labute approximate surface area is 122 Å². The summed E-state index contributed by atoms with van der Waals surface area (Å²) in [5, 5.41) is 9.21. The van der Waals surface area contributed by atoms with Crippen molar-refractivity contribution in [2.24, 2.45) is 5.73 Å². The van der Waals surface area contributed by atoms with E-state index in [0.29, 0.717) is 12.4 Å². The van der Waals surface area contributed by atoms with Crippen molar-refractivity contribution < 1.29 is 4.74 Å². The van der Waals surface area contributed by atoms with Crippen molar-refractivity contribution in [1.82, 2.24) is 19.7 Å². The van der Waals surface area contributed by atoms with Crippen LogP contribution in [-0.2, 0) is 12.3 Å². The zero-order chi connectivity index (χ0) is 14.5. The van der Waals surface area contributed by atoms with Gasteiger partial charge in [0.25, 0.3) is 0 Å². The van der Waals surface area contributed by atoms with E-state index in [0.717, 1.165) is 22.3 Å². The van der Waals surface area contributed by atoms with Crippen LogP contribution in [0.25, 0.3) is 0 Å². The van der Waals surface area contributed by atoms with Gasteiger partial charge in [-0.2, -0.15) is 0 Å². The summed E-state index contributed by atoms with van der Waals surface area (Å²) in [4.78, 5) is 4.19. The van der Waals surface area contributed by atoms with Crippen LogP contribution in [-0.4, -0.2) is 26.9 Å². The number of methoxy groups -OCH3 is 1. The molecular weight excluding hydrogens is 274 g/mol. The van der Waals surface area contributed by atoms with Crippen molar-refractivity contribution in [3.63, 3.8) is 0 Å². The Balaban J connectivity index is 2.17. The third-order valence-corrected chi connectivity index (χ3v) is 3.83. The molecular formula is C13H19N5OS. The third-order valence-electron chi connectivity index (χ3n) is 2.83. The van der Waals surface area contributed by atoms with Gasteiger partial charge in [-0.15, -0.1) is 10.2 Å². The minimum atomic E-state index is 0.279. The van der Waals surface area contributed by atoms with E-state index >= 15 is 0 Å². The van der Waals surface area contributed by atoms with Crippen molar-refractivity contribution in [3.05, 3.63) is 29.7 Å². The molecule has 108 valence electrons. The summed E-state index contributed by atoms with van der Waals surface area (Å²) in [6, 6.07) is 4.18. The van der Waals surface area contributed by atoms with Crippen molar-refractivity contribution >= 4 is 11.8 Å². The van der Waals surface area contributed by atoms with E-state index in [1.165, 1.54) is 0 Å².